The average molecular weight is 260 g/mol. The molecule has 0 saturated heterocycles. The van der Waals surface area contributed by atoms with Crippen LogP contribution in [0.5, 0.6) is 0 Å². The zero-order chi connectivity index (χ0) is 13.7. The molecule has 0 N–H and O–H groups in total. The molecule has 0 amide bonds. The minimum Gasteiger partial charge on any atom is -0.298 e. The van der Waals surface area contributed by atoms with E-state index in [1.165, 1.54) is 18.9 Å². The van der Waals surface area contributed by atoms with Crippen molar-refractivity contribution in [2.75, 3.05) is 7.05 Å². The second-order valence-electron chi connectivity index (χ2n) is 5.45. The van der Waals surface area contributed by atoms with E-state index in [0.29, 0.717) is 12.1 Å². The van der Waals surface area contributed by atoms with Gasteiger partial charge in [-0.15, -0.1) is 0 Å². The summed E-state index contributed by atoms with van der Waals surface area (Å²) < 4.78 is 13.7. The highest BCUT2D eigenvalue weighted by Crippen LogP contribution is 2.27. The van der Waals surface area contributed by atoms with E-state index >= 15 is 0 Å². The molecular weight excluding hydrogens is 239 g/mol. The third kappa shape index (κ3) is 3.54. The van der Waals surface area contributed by atoms with Crippen molar-refractivity contribution >= 4 is 0 Å². The molecule has 102 valence electrons. The predicted octanol–water partition coefficient (Wildman–Crippen LogP) is 3.73. The number of halogens is 1. The third-order valence-electron chi connectivity index (χ3n) is 4.09. The first-order valence-electron chi connectivity index (χ1n) is 7.05. The van der Waals surface area contributed by atoms with Gasteiger partial charge in [0.05, 0.1) is 12.0 Å². The van der Waals surface area contributed by atoms with Gasteiger partial charge in [-0.2, -0.15) is 5.26 Å². The van der Waals surface area contributed by atoms with Crippen LogP contribution >= 0.6 is 0 Å². The van der Waals surface area contributed by atoms with Crippen LogP contribution in [0.3, 0.4) is 0 Å². The van der Waals surface area contributed by atoms with Gasteiger partial charge in [0.15, 0.2) is 0 Å². The zero-order valence-electron chi connectivity index (χ0n) is 11.5. The van der Waals surface area contributed by atoms with Gasteiger partial charge in [-0.25, -0.2) is 4.39 Å². The van der Waals surface area contributed by atoms with E-state index < -0.39 is 0 Å². The third-order valence-corrected chi connectivity index (χ3v) is 4.09. The van der Waals surface area contributed by atoms with Crippen molar-refractivity contribution in [2.45, 2.75) is 44.7 Å². The molecule has 2 atom stereocenters. The van der Waals surface area contributed by atoms with Crippen molar-refractivity contribution in [3.05, 3.63) is 35.6 Å². The van der Waals surface area contributed by atoms with E-state index in [4.69, 9.17) is 0 Å². The monoisotopic (exact) mass is 260 g/mol. The first-order chi connectivity index (χ1) is 9.22. The molecule has 0 heterocycles. The molecule has 0 aliphatic heterocycles. The summed E-state index contributed by atoms with van der Waals surface area (Å²) in [6.45, 7) is 0.579. The Bertz CT molecular complexity index is 452. The second kappa shape index (κ2) is 6.68. The van der Waals surface area contributed by atoms with Crippen molar-refractivity contribution in [1.29, 1.82) is 5.26 Å². The fourth-order valence-corrected chi connectivity index (χ4v) is 2.98. The van der Waals surface area contributed by atoms with Crippen molar-refractivity contribution in [3.63, 3.8) is 0 Å². The van der Waals surface area contributed by atoms with Gasteiger partial charge < -0.3 is 0 Å². The Balaban J connectivity index is 2.07. The number of nitriles is 1. The van der Waals surface area contributed by atoms with Gasteiger partial charge >= 0.3 is 0 Å². The number of benzene rings is 1. The molecule has 1 aromatic carbocycles. The highest BCUT2D eigenvalue weighted by Gasteiger charge is 2.27. The summed E-state index contributed by atoms with van der Waals surface area (Å²) in [4.78, 5) is 2.15. The van der Waals surface area contributed by atoms with Crippen LogP contribution < -0.4 is 0 Å². The molecule has 2 rings (SSSR count). The van der Waals surface area contributed by atoms with Crippen molar-refractivity contribution in [1.82, 2.24) is 4.90 Å². The topological polar surface area (TPSA) is 27.0 Å². The molecule has 2 unspecified atom stereocenters. The molecule has 3 heteroatoms. The highest BCUT2D eigenvalue weighted by molar-refractivity contribution is 5.17. The number of hydrogen-bond acceptors (Lipinski definition) is 2. The molecular formula is C16H21FN2. The molecule has 1 fully saturated rings. The highest BCUT2D eigenvalue weighted by atomic mass is 19.1. The summed E-state index contributed by atoms with van der Waals surface area (Å²) in [7, 11) is 2.01. The van der Waals surface area contributed by atoms with Crippen LogP contribution in [-0.4, -0.2) is 18.0 Å². The maximum Gasteiger partial charge on any atom is 0.127 e. The maximum atomic E-state index is 13.7. The zero-order valence-corrected chi connectivity index (χ0v) is 11.5. The van der Waals surface area contributed by atoms with Gasteiger partial charge in [-0.1, -0.05) is 37.5 Å². The largest absolute Gasteiger partial charge is 0.298 e. The van der Waals surface area contributed by atoms with E-state index in [-0.39, 0.29) is 17.8 Å². The molecule has 1 aliphatic carbocycles. The van der Waals surface area contributed by atoms with Crippen LogP contribution in [0.1, 0.15) is 37.7 Å². The molecule has 0 radical (unpaired) electrons. The lowest BCUT2D eigenvalue weighted by molar-refractivity contribution is 0.181. The number of hydrogen-bond donors (Lipinski definition) is 0. The molecule has 0 bridgehead atoms. The predicted molar refractivity (Wildman–Crippen MR) is 73.8 cm³/mol. The summed E-state index contributed by atoms with van der Waals surface area (Å²) in [5.74, 6) is -0.0734. The van der Waals surface area contributed by atoms with Gasteiger partial charge in [0, 0.05) is 18.2 Å². The minimum atomic E-state index is -0.156. The number of rotatable bonds is 3. The minimum absolute atomic E-state index is 0.0827. The van der Waals surface area contributed by atoms with Crippen LogP contribution in [0.25, 0.3) is 0 Å². The average Bonchev–Trinajstić information content (AvgIpc) is 2.66. The molecule has 1 aromatic rings. The molecule has 19 heavy (non-hydrogen) atoms. The first kappa shape index (κ1) is 14.0. The Morgan fingerprint density at radius 2 is 2.00 bits per heavy atom. The molecule has 2 nitrogen and oxygen atoms in total. The molecule has 0 aromatic heterocycles. The summed E-state index contributed by atoms with van der Waals surface area (Å²) in [6.07, 6.45) is 5.54. The standard InChI is InChI=1S/C16H21FN2/c1-19(12-14-8-5-6-9-15(14)17)16-10-4-2-3-7-13(16)11-18/h5-6,8-9,13,16H,2-4,7,10,12H2,1H3. The van der Waals surface area contributed by atoms with Crippen molar-refractivity contribution in [2.24, 2.45) is 5.92 Å². The Hall–Kier alpha value is -1.40. The second-order valence-corrected chi connectivity index (χ2v) is 5.45. The van der Waals surface area contributed by atoms with E-state index in [1.54, 1.807) is 6.07 Å². The molecule has 0 spiro atoms. The van der Waals surface area contributed by atoms with Crippen LogP contribution in [0.4, 0.5) is 4.39 Å². The Morgan fingerprint density at radius 1 is 1.26 bits per heavy atom. The van der Waals surface area contributed by atoms with Gasteiger partial charge in [0.25, 0.3) is 0 Å². The Labute approximate surface area is 114 Å². The lowest BCUT2D eigenvalue weighted by atomic mass is 9.95. The van der Waals surface area contributed by atoms with E-state index in [1.807, 2.05) is 19.2 Å². The fourth-order valence-electron chi connectivity index (χ4n) is 2.98. The summed E-state index contributed by atoms with van der Waals surface area (Å²) in [5, 5.41) is 9.31. The normalized spacial score (nSPS) is 23.9. The lowest BCUT2D eigenvalue weighted by Gasteiger charge is -2.30. The van der Waals surface area contributed by atoms with E-state index in [0.717, 1.165) is 19.3 Å². The van der Waals surface area contributed by atoms with Gasteiger partial charge in [0.1, 0.15) is 5.82 Å². The van der Waals surface area contributed by atoms with Crippen LogP contribution in [0, 0.1) is 23.1 Å². The summed E-state index contributed by atoms with van der Waals surface area (Å²) in [6, 6.07) is 9.59. The van der Waals surface area contributed by atoms with Crippen molar-refractivity contribution < 1.29 is 4.39 Å². The Morgan fingerprint density at radius 3 is 2.74 bits per heavy atom. The van der Waals surface area contributed by atoms with Crippen LogP contribution in [0.2, 0.25) is 0 Å². The van der Waals surface area contributed by atoms with Gasteiger partial charge in [-0.3, -0.25) is 4.90 Å². The quantitative estimate of drug-likeness (QED) is 0.774. The summed E-state index contributed by atoms with van der Waals surface area (Å²) >= 11 is 0. The SMILES string of the molecule is CN(Cc1ccccc1F)C1CCCCCC1C#N. The Kier molecular flexibility index (Phi) is 4.93. The van der Waals surface area contributed by atoms with Crippen molar-refractivity contribution in [3.8, 4) is 6.07 Å². The first-order valence-corrected chi connectivity index (χ1v) is 7.05. The fraction of sp³-hybridized carbons (Fsp3) is 0.562. The smallest absolute Gasteiger partial charge is 0.127 e. The van der Waals surface area contributed by atoms with E-state index in [9.17, 15) is 9.65 Å². The maximum absolute atomic E-state index is 13.7. The van der Waals surface area contributed by atoms with Crippen LogP contribution in [0.15, 0.2) is 24.3 Å². The molecule has 1 aliphatic rings. The van der Waals surface area contributed by atoms with Gasteiger partial charge in [0.2, 0.25) is 0 Å². The van der Waals surface area contributed by atoms with E-state index in [2.05, 4.69) is 11.0 Å². The molecule has 1 saturated carbocycles. The van der Waals surface area contributed by atoms with Gasteiger partial charge in [-0.05, 0) is 26.0 Å². The lowest BCUT2D eigenvalue weighted by Crippen LogP contribution is -2.36. The summed E-state index contributed by atoms with van der Waals surface area (Å²) in [5.41, 5.74) is 0.714. The van der Waals surface area contributed by atoms with Crippen LogP contribution in [-0.2, 0) is 6.54 Å². The number of nitrogens with zero attached hydrogens (tertiary/aromatic N) is 2.